The van der Waals surface area contributed by atoms with E-state index in [0.717, 1.165) is 11.1 Å². The summed E-state index contributed by atoms with van der Waals surface area (Å²) in [7, 11) is 0. The first kappa shape index (κ1) is 12.0. The van der Waals surface area contributed by atoms with Gasteiger partial charge in [-0.2, -0.15) is 0 Å². The molecule has 0 saturated heterocycles. The van der Waals surface area contributed by atoms with Crippen LogP contribution in [-0.2, 0) is 0 Å². The van der Waals surface area contributed by atoms with E-state index in [0.29, 0.717) is 0 Å². The number of hydrogen-bond acceptors (Lipinski definition) is 2. The maximum absolute atomic E-state index is 10.6. The highest BCUT2D eigenvalue weighted by molar-refractivity contribution is 5.06. The Morgan fingerprint density at radius 1 is 1.00 bits per heavy atom. The first-order valence-electron chi connectivity index (χ1n) is 4.89. The maximum atomic E-state index is 10.6. The van der Waals surface area contributed by atoms with Crippen molar-refractivity contribution in [2.75, 3.05) is 0 Å². The third-order valence-corrected chi connectivity index (χ3v) is 1.95. The lowest BCUT2D eigenvalue weighted by atomic mass is 10.3. The number of aromatic nitrogens is 2. The summed E-state index contributed by atoms with van der Waals surface area (Å²) in [5.74, 6) is 0. The van der Waals surface area contributed by atoms with E-state index in [4.69, 9.17) is 0 Å². The quantitative estimate of drug-likeness (QED) is 0.701. The average molecular weight is 218 g/mol. The zero-order valence-corrected chi connectivity index (χ0v) is 9.28. The van der Waals surface area contributed by atoms with Gasteiger partial charge in [0.2, 0.25) is 5.56 Å². The number of aryl methyl sites for hydroxylation is 2. The van der Waals surface area contributed by atoms with Crippen molar-refractivity contribution in [2.45, 2.75) is 13.8 Å². The van der Waals surface area contributed by atoms with Gasteiger partial charge in [0.25, 0.3) is 5.56 Å². The Morgan fingerprint density at radius 3 is 2.12 bits per heavy atom. The van der Waals surface area contributed by atoms with Crippen LogP contribution < -0.4 is 11.1 Å². The summed E-state index contributed by atoms with van der Waals surface area (Å²) in [6, 6.07) is 6.98. The lowest BCUT2D eigenvalue weighted by Crippen LogP contribution is -2.06. The molecular formula is C12H14N2O2. The predicted octanol–water partition coefficient (Wildman–Crippen LogP) is 1.37. The Hall–Kier alpha value is -2.10. The first-order valence-corrected chi connectivity index (χ1v) is 4.89. The van der Waals surface area contributed by atoms with Crippen LogP contribution in [0.2, 0.25) is 0 Å². The number of rotatable bonds is 0. The molecule has 0 atom stereocenters. The summed E-state index contributed by atoms with van der Waals surface area (Å²) < 4.78 is 0. The molecule has 0 amide bonds. The van der Waals surface area contributed by atoms with Crippen LogP contribution in [0.1, 0.15) is 11.1 Å². The third-order valence-electron chi connectivity index (χ3n) is 1.95. The van der Waals surface area contributed by atoms with Gasteiger partial charge in [0, 0.05) is 24.0 Å². The minimum absolute atomic E-state index is 0.00694. The van der Waals surface area contributed by atoms with Crippen LogP contribution >= 0.6 is 0 Å². The Labute approximate surface area is 93.0 Å². The Bertz CT molecular complexity index is 555. The fourth-order valence-corrected chi connectivity index (χ4v) is 1.06. The van der Waals surface area contributed by atoms with E-state index < -0.39 is 0 Å². The minimum atomic E-state index is -0.0370. The molecule has 4 nitrogen and oxygen atoms in total. The summed E-state index contributed by atoms with van der Waals surface area (Å²) in [6.07, 6.45) is 3.26. The SMILES string of the molecule is Cc1cc[nH]c(=O)c1.Cc1ccc[nH]c1=O. The van der Waals surface area contributed by atoms with Gasteiger partial charge in [-0.05, 0) is 31.5 Å². The van der Waals surface area contributed by atoms with Gasteiger partial charge in [0.05, 0.1) is 0 Å². The fourth-order valence-electron chi connectivity index (χ4n) is 1.06. The van der Waals surface area contributed by atoms with Gasteiger partial charge in [-0.15, -0.1) is 0 Å². The number of pyridine rings is 2. The number of nitrogens with one attached hydrogen (secondary N) is 2. The molecule has 0 aromatic carbocycles. The van der Waals surface area contributed by atoms with Crippen LogP contribution in [0.4, 0.5) is 0 Å². The minimum Gasteiger partial charge on any atom is -0.329 e. The van der Waals surface area contributed by atoms with Crippen molar-refractivity contribution in [3.8, 4) is 0 Å². The van der Waals surface area contributed by atoms with Gasteiger partial charge in [0.15, 0.2) is 0 Å². The second-order valence-electron chi connectivity index (χ2n) is 3.41. The molecule has 0 aliphatic rings. The number of aromatic amines is 2. The molecule has 16 heavy (non-hydrogen) atoms. The smallest absolute Gasteiger partial charge is 0.250 e. The van der Waals surface area contributed by atoms with E-state index in [9.17, 15) is 9.59 Å². The molecule has 0 aliphatic heterocycles. The molecule has 2 aromatic rings. The van der Waals surface area contributed by atoms with Crippen molar-refractivity contribution in [3.05, 3.63) is 68.5 Å². The Balaban J connectivity index is 0.000000160. The lowest BCUT2D eigenvalue weighted by molar-refractivity contribution is 1.18. The van der Waals surface area contributed by atoms with Crippen molar-refractivity contribution in [1.29, 1.82) is 0 Å². The molecule has 0 unspecified atom stereocenters. The molecule has 0 saturated carbocycles. The maximum Gasteiger partial charge on any atom is 0.250 e. The summed E-state index contributed by atoms with van der Waals surface area (Å²) in [4.78, 5) is 26.1. The zero-order chi connectivity index (χ0) is 12.0. The zero-order valence-electron chi connectivity index (χ0n) is 9.28. The highest BCUT2D eigenvalue weighted by atomic mass is 16.1. The van der Waals surface area contributed by atoms with Crippen molar-refractivity contribution < 1.29 is 0 Å². The second-order valence-corrected chi connectivity index (χ2v) is 3.41. The fraction of sp³-hybridized carbons (Fsp3) is 0.167. The van der Waals surface area contributed by atoms with E-state index in [1.807, 2.05) is 13.0 Å². The third kappa shape index (κ3) is 3.96. The van der Waals surface area contributed by atoms with E-state index in [1.54, 1.807) is 37.5 Å². The van der Waals surface area contributed by atoms with Crippen molar-refractivity contribution in [2.24, 2.45) is 0 Å². The molecule has 2 rings (SSSR count). The molecule has 2 N–H and O–H groups in total. The molecule has 0 spiro atoms. The molecule has 84 valence electrons. The molecule has 2 heterocycles. The Kier molecular flexibility index (Phi) is 4.27. The second kappa shape index (κ2) is 5.70. The van der Waals surface area contributed by atoms with Crippen molar-refractivity contribution >= 4 is 0 Å². The molecule has 0 fully saturated rings. The van der Waals surface area contributed by atoms with Crippen LogP contribution in [-0.4, -0.2) is 9.97 Å². The monoisotopic (exact) mass is 218 g/mol. The van der Waals surface area contributed by atoms with Crippen LogP contribution in [0, 0.1) is 13.8 Å². The predicted molar refractivity (Wildman–Crippen MR) is 63.6 cm³/mol. The molecule has 0 aliphatic carbocycles. The van der Waals surface area contributed by atoms with Crippen LogP contribution in [0.3, 0.4) is 0 Å². The van der Waals surface area contributed by atoms with Gasteiger partial charge in [0.1, 0.15) is 0 Å². The van der Waals surface area contributed by atoms with E-state index in [2.05, 4.69) is 9.97 Å². The van der Waals surface area contributed by atoms with Gasteiger partial charge in [-0.3, -0.25) is 9.59 Å². The van der Waals surface area contributed by atoms with Crippen LogP contribution in [0.15, 0.2) is 46.2 Å². The van der Waals surface area contributed by atoms with Gasteiger partial charge in [-0.1, -0.05) is 6.07 Å². The van der Waals surface area contributed by atoms with E-state index in [1.165, 1.54) is 0 Å². The summed E-state index contributed by atoms with van der Waals surface area (Å²) >= 11 is 0. The number of hydrogen-bond donors (Lipinski definition) is 2. The summed E-state index contributed by atoms with van der Waals surface area (Å²) in [6.45, 7) is 3.66. The lowest BCUT2D eigenvalue weighted by Gasteiger charge is -1.83. The summed E-state index contributed by atoms with van der Waals surface area (Å²) in [5.41, 5.74) is 1.71. The average Bonchev–Trinajstić information content (AvgIpc) is 2.23. The Morgan fingerprint density at radius 2 is 1.75 bits per heavy atom. The number of H-pyrrole nitrogens is 2. The molecule has 0 bridgehead atoms. The molecular weight excluding hydrogens is 204 g/mol. The van der Waals surface area contributed by atoms with Crippen molar-refractivity contribution in [3.63, 3.8) is 0 Å². The highest BCUT2D eigenvalue weighted by Crippen LogP contribution is 1.84. The van der Waals surface area contributed by atoms with Gasteiger partial charge in [-0.25, -0.2) is 0 Å². The van der Waals surface area contributed by atoms with Crippen LogP contribution in [0.25, 0.3) is 0 Å². The topological polar surface area (TPSA) is 65.7 Å². The van der Waals surface area contributed by atoms with Gasteiger partial charge >= 0.3 is 0 Å². The molecule has 0 radical (unpaired) electrons. The standard InChI is InChI=1S/2C6H7NO/c1-5-2-3-7-6(8)4-5;1-5-3-2-4-7-6(5)8/h2*2-4H,1H3,(H,7,8). The first-order chi connectivity index (χ1) is 7.59. The van der Waals surface area contributed by atoms with Crippen molar-refractivity contribution in [1.82, 2.24) is 9.97 Å². The normalized spacial score (nSPS) is 9.12. The van der Waals surface area contributed by atoms with E-state index >= 15 is 0 Å². The summed E-state index contributed by atoms with van der Waals surface area (Å²) in [5, 5.41) is 0. The molecule has 4 heteroatoms. The molecule has 2 aromatic heterocycles. The van der Waals surface area contributed by atoms with E-state index in [-0.39, 0.29) is 11.1 Å². The highest BCUT2D eigenvalue weighted by Gasteiger charge is 1.83. The van der Waals surface area contributed by atoms with Crippen LogP contribution in [0.5, 0.6) is 0 Å². The van der Waals surface area contributed by atoms with Gasteiger partial charge < -0.3 is 9.97 Å². The largest absolute Gasteiger partial charge is 0.329 e.